The van der Waals surface area contributed by atoms with Crippen LogP contribution in [0.1, 0.15) is 10.6 Å². The summed E-state index contributed by atoms with van der Waals surface area (Å²) in [6.45, 7) is 2.16. The molecule has 20 heavy (non-hydrogen) atoms. The van der Waals surface area contributed by atoms with Gasteiger partial charge in [0.2, 0.25) is 0 Å². The van der Waals surface area contributed by atoms with Gasteiger partial charge in [0.15, 0.2) is 4.96 Å². The second kappa shape index (κ2) is 4.58. The SMILES string of the molecule is CN1CCc2c(sc3nc(-c4ccc(Cl)cc4)cn23)C1. The Bertz CT molecular complexity index is 772. The minimum Gasteiger partial charge on any atom is -0.301 e. The number of rotatable bonds is 1. The van der Waals surface area contributed by atoms with Crippen LogP contribution in [0.4, 0.5) is 0 Å². The molecule has 3 aromatic rings. The maximum absolute atomic E-state index is 5.94. The average Bonchev–Trinajstić information content (AvgIpc) is 2.96. The Hall–Kier alpha value is -1.36. The number of benzene rings is 1. The zero-order valence-corrected chi connectivity index (χ0v) is 12.7. The van der Waals surface area contributed by atoms with E-state index in [-0.39, 0.29) is 0 Å². The summed E-state index contributed by atoms with van der Waals surface area (Å²) in [4.78, 5) is 9.66. The van der Waals surface area contributed by atoms with Crippen LogP contribution < -0.4 is 0 Å². The summed E-state index contributed by atoms with van der Waals surface area (Å²) in [5.74, 6) is 0. The molecule has 0 N–H and O–H groups in total. The monoisotopic (exact) mass is 303 g/mol. The molecule has 0 bridgehead atoms. The molecular weight excluding hydrogens is 290 g/mol. The van der Waals surface area contributed by atoms with Crippen molar-refractivity contribution in [3.8, 4) is 11.3 Å². The zero-order chi connectivity index (χ0) is 13.7. The lowest BCUT2D eigenvalue weighted by Gasteiger charge is -2.21. The van der Waals surface area contributed by atoms with E-state index in [2.05, 4.69) is 22.5 Å². The van der Waals surface area contributed by atoms with E-state index < -0.39 is 0 Å². The highest BCUT2D eigenvalue weighted by atomic mass is 35.5. The van der Waals surface area contributed by atoms with Crippen molar-refractivity contribution in [2.75, 3.05) is 13.6 Å². The predicted molar refractivity (Wildman–Crippen MR) is 83.6 cm³/mol. The summed E-state index contributed by atoms with van der Waals surface area (Å²) in [5, 5.41) is 0.759. The Morgan fingerprint density at radius 1 is 1.25 bits per heavy atom. The van der Waals surface area contributed by atoms with Crippen LogP contribution in [0.25, 0.3) is 16.2 Å². The van der Waals surface area contributed by atoms with E-state index in [9.17, 15) is 0 Å². The lowest BCUT2D eigenvalue weighted by Crippen LogP contribution is -2.26. The van der Waals surface area contributed by atoms with E-state index in [1.54, 1.807) is 11.3 Å². The first-order valence-electron chi connectivity index (χ1n) is 6.65. The average molecular weight is 304 g/mol. The van der Waals surface area contributed by atoms with Crippen molar-refractivity contribution < 1.29 is 0 Å². The van der Waals surface area contributed by atoms with Gasteiger partial charge in [-0.2, -0.15) is 0 Å². The first kappa shape index (κ1) is 12.4. The lowest BCUT2D eigenvalue weighted by atomic mass is 10.1. The topological polar surface area (TPSA) is 20.5 Å². The van der Waals surface area contributed by atoms with Gasteiger partial charge in [-0.15, -0.1) is 0 Å². The van der Waals surface area contributed by atoms with Gasteiger partial charge in [-0.25, -0.2) is 4.98 Å². The van der Waals surface area contributed by atoms with Gasteiger partial charge in [0.1, 0.15) is 0 Å². The van der Waals surface area contributed by atoms with Crippen LogP contribution in [0.3, 0.4) is 0 Å². The van der Waals surface area contributed by atoms with E-state index in [1.165, 1.54) is 10.6 Å². The normalized spacial score (nSPS) is 15.7. The van der Waals surface area contributed by atoms with Gasteiger partial charge < -0.3 is 4.90 Å². The van der Waals surface area contributed by atoms with E-state index >= 15 is 0 Å². The maximum Gasteiger partial charge on any atom is 0.194 e. The second-order valence-electron chi connectivity index (χ2n) is 5.25. The van der Waals surface area contributed by atoms with Crippen LogP contribution in [-0.4, -0.2) is 27.9 Å². The molecule has 0 spiro atoms. The molecule has 1 aliphatic heterocycles. The van der Waals surface area contributed by atoms with E-state index in [0.29, 0.717) is 0 Å². The Morgan fingerprint density at radius 2 is 2.05 bits per heavy atom. The molecule has 0 radical (unpaired) electrons. The van der Waals surface area contributed by atoms with Crippen molar-refractivity contribution in [1.29, 1.82) is 0 Å². The number of aromatic nitrogens is 2. The van der Waals surface area contributed by atoms with Crippen LogP contribution in [0, 0.1) is 0 Å². The van der Waals surface area contributed by atoms with Crippen molar-refractivity contribution in [2.45, 2.75) is 13.0 Å². The second-order valence-corrected chi connectivity index (χ2v) is 6.74. The van der Waals surface area contributed by atoms with Crippen molar-refractivity contribution in [1.82, 2.24) is 14.3 Å². The minimum absolute atomic E-state index is 0.759. The van der Waals surface area contributed by atoms with Crippen molar-refractivity contribution >= 4 is 27.9 Å². The van der Waals surface area contributed by atoms with Crippen LogP contribution in [0.5, 0.6) is 0 Å². The van der Waals surface area contributed by atoms with E-state index in [0.717, 1.165) is 40.8 Å². The molecule has 0 atom stereocenters. The number of imidazole rings is 1. The fourth-order valence-corrected chi connectivity index (χ4v) is 4.05. The summed E-state index contributed by atoms with van der Waals surface area (Å²) >= 11 is 7.74. The molecule has 3 nitrogen and oxygen atoms in total. The number of hydrogen-bond donors (Lipinski definition) is 0. The number of nitrogens with zero attached hydrogens (tertiary/aromatic N) is 3. The molecule has 5 heteroatoms. The van der Waals surface area contributed by atoms with Gasteiger partial charge in [0.25, 0.3) is 0 Å². The molecule has 0 fully saturated rings. The molecule has 1 aromatic carbocycles. The molecular formula is C15H14ClN3S. The van der Waals surface area contributed by atoms with Crippen molar-refractivity contribution in [3.63, 3.8) is 0 Å². The lowest BCUT2D eigenvalue weighted by molar-refractivity contribution is 0.314. The van der Waals surface area contributed by atoms with Gasteiger partial charge >= 0.3 is 0 Å². The van der Waals surface area contributed by atoms with Gasteiger partial charge in [-0.05, 0) is 19.2 Å². The molecule has 0 unspecified atom stereocenters. The molecule has 3 heterocycles. The fourth-order valence-electron chi connectivity index (χ4n) is 2.70. The molecule has 0 aliphatic carbocycles. The quantitative estimate of drug-likeness (QED) is 0.683. The summed E-state index contributed by atoms with van der Waals surface area (Å²) in [5.41, 5.74) is 3.57. The van der Waals surface area contributed by atoms with Crippen LogP contribution in [0.2, 0.25) is 5.02 Å². The third kappa shape index (κ3) is 1.95. The summed E-state index contributed by atoms with van der Waals surface area (Å²) in [6, 6.07) is 7.87. The summed E-state index contributed by atoms with van der Waals surface area (Å²) in [7, 11) is 2.17. The highest BCUT2D eigenvalue weighted by Gasteiger charge is 2.20. The fraction of sp³-hybridized carbons (Fsp3) is 0.267. The first-order valence-corrected chi connectivity index (χ1v) is 7.84. The largest absolute Gasteiger partial charge is 0.301 e. The van der Waals surface area contributed by atoms with Gasteiger partial charge in [0.05, 0.1) is 5.69 Å². The standard InChI is InChI=1S/C15H14ClN3S/c1-18-7-6-13-14(9-18)20-15-17-12(8-19(13)15)10-2-4-11(16)5-3-10/h2-5,8H,6-7,9H2,1H3. The predicted octanol–water partition coefficient (Wildman–Crippen LogP) is 3.70. The molecule has 102 valence electrons. The zero-order valence-electron chi connectivity index (χ0n) is 11.1. The summed E-state index contributed by atoms with van der Waals surface area (Å²) < 4.78 is 2.26. The Balaban J connectivity index is 1.80. The van der Waals surface area contributed by atoms with Crippen molar-refractivity contribution in [2.24, 2.45) is 0 Å². The molecule has 1 aliphatic rings. The number of likely N-dealkylation sites (N-methyl/N-ethyl adjacent to an activating group) is 1. The third-order valence-electron chi connectivity index (χ3n) is 3.78. The van der Waals surface area contributed by atoms with Gasteiger partial charge in [-0.3, -0.25) is 4.40 Å². The molecule has 0 amide bonds. The van der Waals surface area contributed by atoms with E-state index in [4.69, 9.17) is 16.6 Å². The smallest absolute Gasteiger partial charge is 0.194 e. The molecule has 2 aromatic heterocycles. The first-order chi connectivity index (χ1) is 9.70. The highest BCUT2D eigenvalue weighted by molar-refractivity contribution is 7.17. The Morgan fingerprint density at radius 3 is 2.85 bits per heavy atom. The number of hydrogen-bond acceptors (Lipinski definition) is 3. The highest BCUT2D eigenvalue weighted by Crippen LogP contribution is 2.30. The molecule has 0 saturated carbocycles. The minimum atomic E-state index is 0.759. The number of fused-ring (bicyclic) bond motifs is 3. The van der Waals surface area contributed by atoms with Gasteiger partial charge in [-0.1, -0.05) is 35.1 Å². The number of halogens is 1. The molecule has 0 saturated heterocycles. The Kier molecular flexibility index (Phi) is 2.84. The third-order valence-corrected chi connectivity index (χ3v) is 5.12. The Labute approximate surface area is 126 Å². The van der Waals surface area contributed by atoms with Gasteiger partial charge in [0, 0.05) is 46.9 Å². The van der Waals surface area contributed by atoms with E-state index in [1.807, 2.05) is 24.3 Å². The molecule has 4 rings (SSSR count). The number of thiazole rings is 1. The maximum atomic E-state index is 5.94. The summed E-state index contributed by atoms with van der Waals surface area (Å²) in [6.07, 6.45) is 3.25. The van der Waals surface area contributed by atoms with Crippen LogP contribution >= 0.6 is 22.9 Å². The van der Waals surface area contributed by atoms with Crippen LogP contribution in [-0.2, 0) is 13.0 Å². The van der Waals surface area contributed by atoms with Crippen molar-refractivity contribution in [3.05, 3.63) is 46.1 Å². The van der Waals surface area contributed by atoms with Crippen LogP contribution in [0.15, 0.2) is 30.5 Å².